The van der Waals surface area contributed by atoms with Crippen molar-refractivity contribution in [1.29, 1.82) is 0 Å². The molecule has 0 heterocycles. The van der Waals surface area contributed by atoms with E-state index in [4.69, 9.17) is 9.47 Å². The highest BCUT2D eigenvalue weighted by Gasteiger charge is 2.11. The van der Waals surface area contributed by atoms with Crippen LogP contribution in [0.1, 0.15) is 17.4 Å². The molecule has 2 nitrogen and oxygen atoms in total. The molecule has 0 spiro atoms. The number of hydrogen-bond donors (Lipinski definition) is 0. The zero-order valence-electron chi connectivity index (χ0n) is 8.79. The van der Waals surface area contributed by atoms with Crippen molar-refractivity contribution in [3.05, 3.63) is 35.4 Å². The maximum absolute atomic E-state index is 5.20. The molecule has 0 N–H and O–H groups in total. The number of methoxy groups -OCH3 is 2. The van der Waals surface area contributed by atoms with Gasteiger partial charge < -0.3 is 9.47 Å². The van der Waals surface area contributed by atoms with E-state index in [1.165, 1.54) is 0 Å². The Kier molecular flexibility index (Phi) is 5.41. The molecular formula is C12H13BrO2. The summed E-state index contributed by atoms with van der Waals surface area (Å²) in [5, 5.41) is 0.659. The summed E-state index contributed by atoms with van der Waals surface area (Å²) in [6.45, 7) is 0. The van der Waals surface area contributed by atoms with Crippen LogP contribution in [0.25, 0.3) is 0 Å². The molecule has 0 aliphatic carbocycles. The van der Waals surface area contributed by atoms with Crippen LogP contribution in [0.15, 0.2) is 24.3 Å². The summed E-state index contributed by atoms with van der Waals surface area (Å²) in [5.41, 5.74) is 1.89. The Bertz CT molecular complexity index is 361. The third-order valence-electron chi connectivity index (χ3n) is 1.93. The van der Waals surface area contributed by atoms with E-state index in [0.29, 0.717) is 5.33 Å². The van der Waals surface area contributed by atoms with Crippen molar-refractivity contribution in [1.82, 2.24) is 0 Å². The molecule has 0 aromatic heterocycles. The highest BCUT2D eigenvalue weighted by molar-refractivity contribution is 9.09. The molecule has 1 aromatic carbocycles. The summed E-state index contributed by atoms with van der Waals surface area (Å²) in [6.07, 6.45) is -0.356. The molecule has 15 heavy (non-hydrogen) atoms. The van der Waals surface area contributed by atoms with Crippen molar-refractivity contribution < 1.29 is 9.47 Å². The topological polar surface area (TPSA) is 18.5 Å². The Labute approximate surface area is 98.7 Å². The van der Waals surface area contributed by atoms with E-state index in [2.05, 4.69) is 27.8 Å². The Morgan fingerprint density at radius 1 is 1.27 bits per heavy atom. The lowest BCUT2D eigenvalue weighted by Crippen LogP contribution is -2.05. The lowest BCUT2D eigenvalue weighted by molar-refractivity contribution is -0.106. The number of benzene rings is 1. The van der Waals surface area contributed by atoms with Crippen LogP contribution in [0.5, 0.6) is 0 Å². The Balaban J connectivity index is 3.05. The van der Waals surface area contributed by atoms with Crippen LogP contribution in [-0.2, 0) is 9.47 Å². The van der Waals surface area contributed by atoms with Crippen molar-refractivity contribution in [3.8, 4) is 11.8 Å². The molecule has 0 radical (unpaired) electrons. The molecule has 0 fully saturated rings. The fourth-order valence-electron chi connectivity index (χ4n) is 1.30. The number of ether oxygens (including phenoxy) is 2. The lowest BCUT2D eigenvalue weighted by Gasteiger charge is -2.14. The molecule has 0 atom stereocenters. The van der Waals surface area contributed by atoms with Gasteiger partial charge in [-0.05, 0) is 6.07 Å². The summed E-state index contributed by atoms with van der Waals surface area (Å²) in [7, 11) is 3.23. The molecule has 0 amide bonds. The Hall–Kier alpha value is -0.820. The van der Waals surface area contributed by atoms with Gasteiger partial charge in [0.15, 0.2) is 6.29 Å². The molecular weight excluding hydrogens is 256 g/mol. The van der Waals surface area contributed by atoms with Gasteiger partial charge in [-0.2, -0.15) is 0 Å². The summed E-state index contributed by atoms with van der Waals surface area (Å²) in [6, 6.07) is 7.80. The quantitative estimate of drug-likeness (QED) is 0.477. The first kappa shape index (κ1) is 12.3. The normalized spacial score (nSPS) is 9.87. The van der Waals surface area contributed by atoms with Gasteiger partial charge in [0.25, 0.3) is 0 Å². The monoisotopic (exact) mass is 268 g/mol. The van der Waals surface area contributed by atoms with Crippen molar-refractivity contribution in [3.63, 3.8) is 0 Å². The molecule has 0 aliphatic heterocycles. The zero-order valence-corrected chi connectivity index (χ0v) is 10.4. The van der Waals surface area contributed by atoms with Gasteiger partial charge >= 0.3 is 0 Å². The molecule has 0 saturated heterocycles. The minimum atomic E-state index is -0.356. The van der Waals surface area contributed by atoms with Gasteiger partial charge in [-0.25, -0.2) is 0 Å². The van der Waals surface area contributed by atoms with Crippen molar-refractivity contribution in [2.75, 3.05) is 19.5 Å². The zero-order chi connectivity index (χ0) is 11.1. The minimum absolute atomic E-state index is 0.356. The highest BCUT2D eigenvalue weighted by atomic mass is 79.9. The number of rotatable bonds is 3. The number of alkyl halides is 1. The van der Waals surface area contributed by atoms with E-state index in [0.717, 1.165) is 11.1 Å². The van der Waals surface area contributed by atoms with E-state index in [-0.39, 0.29) is 6.29 Å². The maximum Gasteiger partial charge on any atom is 0.184 e. The first-order valence-electron chi connectivity index (χ1n) is 4.52. The van der Waals surface area contributed by atoms with Crippen LogP contribution in [0, 0.1) is 11.8 Å². The van der Waals surface area contributed by atoms with Crippen LogP contribution in [0.4, 0.5) is 0 Å². The molecule has 0 aliphatic rings. The van der Waals surface area contributed by atoms with E-state index in [1.54, 1.807) is 14.2 Å². The smallest absolute Gasteiger partial charge is 0.184 e. The average Bonchev–Trinajstić information content (AvgIpc) is 2.29. The van der Waals surface area contributed by atoms with Gasteiger partial charge in [0.1, 0.15) is 0 Å². The minimum Gasteiger partial charge on any atom is -0.352 e. The fraction of sp³-hybridized carbons (Fsp3) is 0.333. The van der Waals surface area contributed by atoms with Crippen LogP contribution < -0.4 is 0 Å². The molecule has 0 unspecified atom stereocenters. The Morgan fingerprint density at radius 3 is 2.53 bits per heavy atom. The van der Waals surface area contributed by atoms with Gasteiger partial charge in [0.05, 0.1) is 5.33 Å². The molecule has 80 valence electrons. The second kappa shape index (κ2) is 6.62. The van der Waals surface area contributed by atoms with Crippen molar-refractivity contribution >= 4 is 15.9 Å². The van der Waals surface area contributed by atoms with Gasteiger partial charge in [0, 0.05) is 25.3 Å². The summed E-state index contributed by atoms with van der Waals surface area (Å²) in [5.74, 6) is 6.02. The predicted molar refractivity (Wildman–Crippen MR) is 63.9 cm³/mol. The first-order chi connectivity index (χ1) is 7.33. The third-order valence-corrected chi connectivity index (χ3v) is 2.21. The highest BCUT2D eigenvalue weighted by Crippen LogP contribution is 2.20. The van der Waals surface area contributed by atoms with Gasteiger partial charge in [-0.1, -0.05) is 46.0 Å². The summed E-state index contributed by atoms with van der Waals surface area (Å²) >= 11 is 3.27. The van der Waals surface area contributed by atoms with Crippen LogP contribution in [0.2, 0.25) is 0 Å². The average molecular weight is 269 g/mol. The lowest BCUT2D eigenvalue weighted by atomic mass is 10.1. The standard InChI is InChI=1S/C12H13BrO2/c1-14-12(15-2)11-8-4-3-6-10(11)7-5-9-13/h3-4,6,8,12H,9H2,1-2H3. The fourth-order valence-corrected chi connectivity index (χ4v) is 1.44. The molecule has 0 bridgehead atoms. The molecule has 1 aromatic rings. The van der Waals surface area contributed by atoms with E-state index >= 15 is 0 Å². The summed E-state index contributed by atoms with van der Waals surface area (Å²) < 4.78 is 10.4. The van der Waals surface area contributed by atoms with E-state index in [9.17, 15) is 0 Å². The van der Waals surface area contributed by atoms with Crippen LogP contribution >= 0.6 is 15.9 Å². The second-order valence-electron chi connectivity index (χ2n) is 2.83. The van der Waals surface area contributed by atoms with E-state index < -0.39 is 0 Å². The SMILES string of the molecule is COC(OC)c1ccccc1C#CCBr. The molecule has 0 saturated carbocycles. The molecule has 3 heteroatoms. The maximum atomic E-state index is 5.20. The van der Waals surface area contributed by atoms with Crippen LogP contribution in [-0.4, -0.2) is 19.5 Å². The van der Waals surface area contributed by atoms with Crippen molar-refractivity contribution in [2.24, 2.45) is 0 Å². The predicted octanol–water partition coefficient (Wildman–Crippen LogP) is 2.72. The van der Waals surface area contributed by atoms with E-state index in [1.807, 2.05) is 24.3 Å². The second-order valence-corrected chi connectivity index (χ2v) is 3.39. The van der Waals surface area contributed by atoms with Gasteiger partial charge in [0.2, 0.25) is 0 Å². The third kappa shape index (κ3) is 3.35. The number of halogens is 1. The van der Waals surface area contributed by atoms with Crippen molar-refractivity contribution in [2.45, 2.75) is 6.29 Å². The molecule has 1 rings (SSSR count). The first-order valence-corrected chi connectivity index (χ1v) is 5.65. The Morgan fingerprint density at radius 2 is 1.93 bits per heavy atom. The van der Waals surface area contributed by atoms with Crippen LogP contribution in [0.3, 0.4) is 0 Å². The summed E-state index contributed by atoms with van der Waals surface area (Å²) in [4.78, 5) is 0. The number of hydrogen-bond acceptors (Lipinski definition) is 2. The van der Waals surface area contributed by atoms with Gasteiger partial charge in [-0.15, -0.1) is 0 Å². The van der Waals surface area contributed by atoms with Gasteiger partial charge in [-0.3, -0.25) is 0 Å². The largest absolute Gasteiger partial charge is 0.352 e.